The number of amides is 4. The molecule has 7 aromatic rings. The number of ether oxygens (including phenoxy) is 8. The quantitative estimate of drug-likeness (QED) is 0.0132. The predicted molar refractivity (Wildman–Crippen MR) is 423 cm³/mol. The first-order chi connectivity index (χ1) is 53.1. The van der Waals surface area contributed by atoms with Gasteiger partial charge in [-0.1, -0.05) is 140 Å². The van der Waals surface area contributed by atoms with E-state index < -0.39 is 94.8 Å². The van der Waals surface area contributed by atoms with Crippen molar-refractivity contribution in [3.63, 3.8) is 0 Å². The van der Waals surface area contributed by atoms with E-state index in [9.17, 15) is 38.4 Å². The van der Waals surface area contributed by atoms with Crippen molar-refractivity contribution in [3.05, 3.63) is 95.1 Å². The van der Waals surface area contributed by atoms with E-state index in [1.165, 1.54) is 0 Å². The van der Waals surface area contributed by atoms with Crippen molar-refractivity contribution in [2.45, 2.75) is 260 Å². The monoisotopic (exact) mass is 1600 g/mol. The first kappa shape index (κ1) is 88.4. The summed E-state index contributed by atoms with van der Waals surface area (Å²) in [6.45, 7) is 29.3. The zero-order valence-corrected chi connectivity index (χ0v) is 71.2. The van der Waals surface area contributed by atoms with Crippen LogP contribution in [-0.4, -0.2) is 151 Å². The molecule has 0 saturated carbocycles. The van der Waals surface area contributed by atoms with Crippen molar-refractivity contribution >= 4 is 92.4 Å². The number of alkyl carbamates (subject to hydrolysis) is 4. The van der Waals surface area contributed by atoms with Gasteiger partial charge in [-0.05, 0) is 165 Å². The van der Waals surface area contributed by atoms with Gasteiger partial charge >= 0.3 is 67.7 Å². The minimum absolute atomic E-state index is 0. The van der Waals surface area contributed by atoms with Gasteiger partial charge in [0.05, 0.1) is 49.7 Å². The molecule has 4 atom stereocenters. The number of hydrogen-bond acceptors (Lipinski definition) is 22. The maximum atomic E-state index is 14.1. The number of rotatable bonds is 32. The topological polar surface area (TPSA) is 364 Å². The van der Waals surface area contributed by atoms with E-state index in [2.05, 4.69) is 21.3 Å². The van der Waals surface area contributed by atoms with Gasteiger partial charge < -0.3 is 89.1 Å². The van der Waals surface area contributed by atoms with E-state index in [1.807, 2.05) is 27.7 Å². The van der Waals surface area contributed by atoms with Gasteiger partial charge in [0.25, 0.3) is 0 Å². The van der Waals surface area contributed by atoms with Gasteiger partial charge in [0.1, 0.15) is 46.6 Å². The maximum absolute atomic E-state index is 14.1. The second-order valence-electron chi connectivity index (χ2n) is 32.1. The van der Waals surface area contributed by atoms with Crippen LogP contribution in [0.3, 0.4) is 0 Å². The fraction of sp³-hybridized carbons (Fsp3) is 0.524. The molecule has 0 saturated heterocycles. The second kappa shape index (κ2) is 39.5. The molecule has 28 nitrogen and oxygen atoms in total. The van der Waals surface area contributed by atoms with Crippen LogP contribution in [0.2, 0.25) is 0 Å². The zero-order chi connectivity index (χ0) is 81.2. The summed E-state index contributed by atoms with van der Waals surface area (Å²) in [4.78, 5) is 152. The molecule has 0 fully saturated rings. The molecule has 9 rings (SSSR count). The molecular weight excluding hydrogens is 1500 g/mol. The standard InChI is InChI=1S/C84H110N12O16.Zn/c1-17-21-25-37-105-73(97)61(85-77(101)109-81(5,6)7)45-49-29-33-53-57(41-49)69-89-65(53)94-70-59-43-51(47-63(75(99)107-39-27-23-19-3)87-79(103)111-83(11,12)13)31-35-55(59)67(91-70)96-72-60-44-52(48-64(76(100)108-40-28-24-20-4)88-80(104)112-84(14,15)16)32-36-56(60)68(92-72)95-71-58-42-50(30-34-54(58)66(90-71)93-69)46-62(74(98)106-38-26-22-18-2)86-78(102)110-82(8,9)10;/h29-36,41-44,61-64H,17-28,37-40,45-48H2,1-16H3,(H6,85,86,87,88,89,90,91,92,93,94,95,96,101,102,103,104);/q;+2/p-2. The van der Waals surface area contributed by atoms with Crippen molar-refractivity contribution in [2.24, 2.45) is 0 Å². The Morgan fingerprint density at radius 2 is 0.558 bits per heavy atom. The smallest absolute Gasteiger partial charge is 0.464 e. The zero-order valence-electron chi connectivity index (χ0n) is 68.2. The average Bonchev–Trinajstić information content (AvgIpc) is 1.60. The van der Waals surface area contributed by atoms with Crippen LogP contribution in [0.25, 0.3) is 89.7 Å². The van der Waals surface area contributed by atoms with Gasteiger partial charge in [0.15, 0.2) is 0 Å². The number of unbranched alkanes of at least 4 members (excludes halogenated alkanes) is 8. The summed E-state index contributed by atoms with van der Waals surface area (Å²) in [5.41, 5.74) is 1.01. The molecule has 602 valence electrons. The number of esters is 4. The van der Waals surface area contributed by atoms with Crippen LogP contribution in [-0.2, 0) is 102 Å². The SMILES string of the molecule is CCCCCOC(=O)C(Cc1ccc2c(c1)-c1nc-2nc2[n-]c(nc3nc(nc4[n-]c(n1)c1ccc(CC(NC(=O)OC(C)(C)C)C(=O)OCCCCC)cc41)-c1ccc(CC(NC(=O)OC(C)(C)C)C(=O)OCCCCC)cc1-3)c1ccc(CC(NC(=O)OC(C)(C)C)C(=O)OCCCCC)cc21)NC(=O)OC(C)(C)C.[Zn+2]. The number of benzene rings is 4. The number of hydrogen-bond donors (Lipinski definition) is 4. The Kier molecular flexibility index (Phi) is 30.9. The molecule has 3 aromatic heterocycles. The number of carbonyl (C=O) groups excluding carboxylic acids is 8. The predicted octanol–water partition coefficient (Wildman–Crippen LogP) is 14.8. The number of aromatic nitrogens is 8. The van der Waals surface area contributed by atoms with Crippen LogP contribution in [0.1, 0.15) is 210 Å². The first-order valence-electron chi connectivity index (χ1n) is 39.0. The maximum Gasteiger partial charge on any atom is 2.00 e. The Balaban J connectivity index is 0.0000160. The van der Waals surface area contributed by atoms with Crippen LogP contribution in [0, 0.1) is 0 Å². The van der Waals surface area contributed by atoms with E-state index >= 15 is 0 Å². The molecule has 5 heterocycles. The summed E-state index contributed by atoms with van der Waals surface area (Å²) in [6, 6.07) is 16.6. The summed E-state index contributed by atoms with van der Waals surface area (Å²) in [7, 11) is 0. The van der Waals surface area contributed by atoms with E-state index in [1.54, 1.807) is 156 Å². The van der Waals surface area contributed by atoms with Crippen molar-refractivity contribution in [1.29, 1.82) is 0 Å². The summed E-state index contributed by atoms with van der Waals surface area (Å²) < 4.78 is 45.6. The fourth-order valence-corrected chi connectivity index (χ4v) is 12.4. The van der Waals surface area contributed by atoms with E-state index in [-0.39, 0.29) is 117 Å². The van der Waals surface area contributed by atoms with Crippen molar-refractivity contribution in [3.8, 4) is 45.6 Å². The Hall–Kier alpha value is -10.2. The van der Waals surface area contributed by atoms with Gasteiger partial charge in [-0.3, -0.25) is 0 Å². The second-order valence-corrected chi connectivity index (χ2v) is 32.1. The summed E-state index contributed by atoms with van der Waals surface area (Å²) in [5.74, 6) is -2.15. The number of nitrogens with one attached hydrogen (secondary N) is 4. The minimum Gasteiger partial charge on any atom is -0.464 e. The Bertz CT molecular complexity index is 4450. The first-order valence-corrected chi connectivity index (χ1v) is 39.0. The normalized spacial score (nSPS) is 13.0. The van der Waals surface area contributed by atoms with Crippen LogP contribution in [0.15, 0.2) is 72.8 Å². The molecule has 4 N–H and O–H groups in total. The van der Waals surface area contributed by atoms with E-state index in [0.717, 1.165) is 51.4 Å². The Morgan fingerprint density at radius 1 is 0.319 bits per heavy atom. The van der Waals surface area contributed by atoms with Crippen molar-refractivity contribution in [1.82, 2.24) is 61.1 Å². The summed E-state index contributed by atoms with van der Waals surface area (Å²) in [5, 5.41) is 12.8. The average molecular weight is 1610 g/mol. The van der Waals surface area contributed by atoms with Gasteiger partial charge in [0.2, 0.25) is 0 Å². The Morgan fingerprint density at radius 3 is 0.814 bits per heavy atom. The Labute approximate surface area is 672 Å². The molecular formula is C84H108N12O16Zn. The molecule has 2 aliphatic rings. The molecule has 29 heteroatoms. The summed E-state index contributed by atoms with van der Waals surface area (Å²) in [6.07, 6.45) is 5.81. The van der Waals surface area contributed by atoms with Crippen LogP contribution in [0.5, 0.6) is 0 Å². The summed E-state index contributed by atoms with van der Waals surface area (Å²) >= 11 is 0. The largest absolute Gasteiger partial charge is 2.00 e. The molecule has 2 aliphatic heterocycles. The van der Waals surface area contributed by atoms with Crippen LogP contribution in [0.4, 0.5) is 19.2 Å². The van der Waals surface area contributed by atoms with Gasteiger partial charge in [-0.2, -0.15) is 0 Å². The number of nitrogens with zero attached hydrogens (tertiary/aromatic N) is 8. The van der Waals surface area contributed by atoms with Gasteiger partial charge in [0, 0.05) is 70.5 Å². The molecule has 0 radical (unpaired) electrons. The van der Waals surface area contributed by atoms with Gasteiger partial charge in [-0.25, -0.2) is 48.3 Å². The fourth-order valence-electron chi connectivity index (χ4n) is 12.4. The minimum atomic E-state index is -1.20. The van der Waals surface area contributed by atoms with E-state index in [0.29, 0.717) is 91.7 Å². The third-order valence-corrected chi connectivity index (χ3v) is 17.6. The van der Waals surface area contributed by atoms with Crippen LogP contribution < -0.4 is 31.2 Å². The van der Waals surface area contributed by atoms with Crippen molar-refractivity contribution < 1.29 is 95.7 Å². The number of carbonyl (C=O) groups is 8. The molecule has 4 aromatic carbocycles. The third-order valence-electron chi connectivity index (χ3n) is 17.6. The third kappa shape index (κ3) is 25.9. The van der Waals surface area contributed by atoms with E-state index in [4.69, 9.17) is 77.8 Å². The number of fused-ring (bicyclic) bond motifs is 20. The molecule has 0 spiro atoms. The van der Waals surface area contributed by atoms with Crippen molar-refractivity contribution in [2.75, 3.05) is 26.4 Å². The van der Waals surface area contributed by atoms with Gasteiger partial charge in [-0.15, -0.1) is 0 Å². The van der Waals surface area contributed by atoms with Crippen LogP contribution >= 0.6 is 0 Å². The molecule has 4 unspecified atom stereocenters. The molecule has 4 amide bonds. The molecule has 8 bridgehead atoms. The molecule has 0 aliphatic carbocycles. The molecule has 113 heavy (non-hydrogen) atoms.